The highest BCUT2D eigenvalue weighted by molar-refractivity contribution is 6.33. The van der Waals surface area contributed by atoms with Crippen LogP contribution < -0.4 is 5.46 Å². The summed E-state index contributed by atoms with van der Waals surface area (Å²) < 4.78 is 12.6. The molecule has 0 heterocycles. The minimum absolute atomic E-state index is 0.244. The van der Waals surface area contributed by atoms with Gasteiger partial charge in [-0.3, -0.25) is 0 Å². The molecule has 0 aliphatic rings. The van der Waals surface area contributed by atoms with Crippen LogP contribution in [0.15, 0.2) is 12.1 Å². The van der Waals surface area contributed by atoms with Gasteiger partial charge in [-0.25, -0.2) is 9.18 Å². The SMILES string of the molecule is [B]c1cc(C(=O)O)cc(O)c1F. The lowest BCUT2D eigenvalue weighted by Gasteiger charge is -2.01. The lowest BCUT2D eigenvalue weighted by Crippen LogP contribution is -2.11. The fourth-order valence-electron chi connectivity index (χ4n) is 0.755. The minimum Gasteiger partial charge on any atom is -0.505 e. The van der Waals surface area contributed by atoms with Crippen molar-refractivity contribution in [3.05, 3.63) is 23.5 Å². The standard InChI is InChI=1S/C7H4BFO3/c8-4-1-3(7(11)12)2-5(10)6(4)9/h1-2,10H,(H,11,12). The van der Waals surface area contributed by atoms with Crippen molar-refractivity contribution in [1.29, 1.82) is 0 Å². The number of phenolic OH excluding ortho intramolecular Hbond substituents is 1. The molecule has 0 saturated heterocycles. The topological polar surface area (TPSA) is 57.5 Å². The third kappa shape index (κ3) is 1.39. The summed E-state index contributed by atoms with van der Waals surface area (Å²) >= 11 is 0. The lowest BCUT2D eigenvalue weighted by atomic mass is 9.93. The molecule has 2 radical (unpaired) electrons. The van der Waals surface area contributed by atoms with E-state index < -0.39 is 17.5 Å². The predicted octanol–water partition coefficient (Wildman–Crippen LogP) is 0.0233. The van der Waals surface area contributed by atoms with Crippen molar-refractivity contribution in [3.63, 3.8) is 0 Å². The van der Waals surface area contributed by atoms with Crippen molar-refractivity contribution in [1.82, 2.24) is 0 Å². The van der Waals surface area contributed by atoms with Gasteiger partial charge in [0.1, 0.15) is 7.85 Å². The number of rotatable bonds is 1. The number of halogens is 1. The number of aromatic hydroxyl groups is 1. The average Bonchev–Trinajstić information content (AvgIpc) is 1.99. The molecule has 0 saturated carbocycles. The van der Waals surface area contributed by atoms with Gasteiger partial charge < -0.3 is 10.2 Å². The number of carboxylic acid groups (broad SMARTS) is 1. The van der Waals surface area contributed by atoms with Gasteiger partial charge in [0.15, 0.2) is 11.6 Å². The Balaban J connectivity index is 3.31. The molecule has 0 bridgehead atoms. The van der Waals surface area contributed by atoms with E-state index in [1.165, 1.54) is 0 Å². The second-order valence-electron chi connectivity index (χ2n) is 2.20. The van der Waals surface area contributed by atoms with E-state index >= 15 is 0 Å². The molecule has 1 rings (SSSR count). The van der Waals surface area contributed by atoms with Gasteiger partial charge in [-0.05, 0) is 6.07 Å². The Morgan fingerprint density at radius 1 is 1.50 bits per heavy atom. The first-order valence-electron chi connectivity index (χ1n) is 3.03. The number of aromatic carboxylic acids is 1. The van der Waals surface area contributed by atoms with Crippen LogP contribution in [0.2, 0.25) is 0 Å². The smallest absolute Gasteiger partial charge is 0.335 e. The summed E-state index contributed by atoms with van der Waals surface area (Å²) in [5.74, 6) is -3.02. The highest BCUT2D eigenvalue weighted by Gasteiger charge is 2.09. The normalized spacial score (nSPS) is 9.75. The summed E-state index contributed by atoms with van der Waals surface area (Å²) in [6.45, 7) is 0. The minimum atomic E-state index is -1.27. The summed E-state index contributed by atoms with van der Waals surface area (Å²) in [5.41, 5.74) is -0.626. The molecule has 0 spiro atoms. The van der Waals surface area contributed by atoms with E-state index in [-0.39, 0.29) is 11.0 Å². The highest BCUT2D eigenvalue weighted by atomic mass is 19.1. The third-order valence-corrected chi connectivity index (χ3v) is 1.33. The van der Waals surface area contributed by atoms with E-state index in [4.69, 9.17) is 18.1 Å². The van der Waals surface area contributed by atoms with E-state index in [9.17, 15) is 9.18 Å². The molecule has 0 amide bonds. The first-order chi connectivity index (χ1) is 5.52. The van der Waals surface area contributed by atoms with Gasteiger partial charge in [0, 0.05) is 0 Å². The Hall–Kier alpha value is -1.52. The zero-order chi connectivity index (χ0) is 9.30. The van der Waals surface area contributed by atoms with Crippen LogP contribution in [0, 0.1) is 5.82 Å². The maximum atomic E-state index is 12.6. The molecule has 0 aliphatic heterocycles. The van der Waals surface area contributed by atoms with Gasteiger partial charge >= 0.3 is 5.97 Å². The van der Waals surface area contributed by atoms with Gasteiger partial charge in [-0.1, -0.05) is 11.5 Å². The molecule has 1 aromatic carbocycles. The number of hydrogen-bond acceptors (Lipinski definition) is 2. The number of benzene rings is 1. The van der Waals surface area contributed by atoms with Gasteiger partial charge in [-0.2, -0.15) is 0 Å². The van der Waals surface area contributed by atoms with E-state index in [0.717, 1.165) is 12.1 Å². The van der Waals surface area contributed by atoms with Gasteiger partial charge in [-0.15, -0.1) is 0 Å². The molecule has 0 atom stereocenters. The van der Waals surface area contributed by atoms with Crippen molar-refractivity contribution in [2.24, 2.45) is 0 Å². The van der Waals surface area contributed by atoms with E-state index in [2.05, 4.69) is 0 Å². The van der Waals surface area contributed by atoms with Crippen LogP contribution in [0.5, 0.6) is 5.75 Å². The summed E-state index contributed by atoms with van der Waals surface area (Å²) in [5, 5.41) is 17.2. The second kappa shape index (κ2) is 2.85. The molecule has 12 heavy (non-hydrogen) atoms. The largest absolute Gasteiger partial charge is 0.505 e. The molecule has 1 aromatic rings. The maximum Gasteiger partial charge on any atom is 0.335 e. The van der Waals surface area contributed by atoms with Crippen molar-refractivity contribution in [3.8, 4) is 5.75 Å². The summed E-state index contributed by atoms with van der Waals surface area (Å²) in [4.78, 5) is 10.3. The number of carboxylic acids is 1. The highest BCUT2D eigenvalue weighted by Crippen LogP contribution is 2.14. The molecule has 0 aromatic heterocycles. The average molecular weight is 166 g/mol. The van der Waals surface area contributed by atoms with Crippen LogP contribution in [0.3, 0.4) is 0 Å². The molecular formula is C7H4BFO3. The third-order valence-electron chi connectivity index (χ3n) is 1.33. The van der Waals surface area contributed by atoms with Crippen LogP contribution in [-0.4, -0.2) is 24.0 Å². The van der Waals surface area contributed by atoms with Crippen LogP contribution in [0.1, 0.15) is 10.4 Å². The Morgan fingerprint density at radius 3 is 2.50 bits per heavy atom. The summed E-state index contributed by atoms with van der Waals surface area (Å²) in [6.07, 6.45) is 0. The molecule has 2 N–H and O–H groups in total. The number of hydrogen-bond donors (Lipinski definition) is 2. The van der Waals surface area contributed by atoms with Crippen LogP contribution >= 0.6 is 0 Å². The first kappa shape index (κ1) is 8.58. The van der Waals surface area contributed by atoms with Gasteiger partial charge in [0.25, 0.3) is 0 Å². The number of carbonyl (C=O) groups is 1. The van der Waals surface area contributed by atoms with Crippen molar-refractivity contribution < 1.29 is 19.4 Å². The van der Waals surface area contributed by atoms with Gasteiger partial charge in [0.05, 0.1) is 5.56 Å². The first-order valence-corrected chi connectivity index (χ1v) is 3.03. The Kier molecular flexibility index (Phi) is 2.04. The molecule has 5 heteroatoms. The zero-order valence-corrected chi connectivity index (χ0v) is 5.91. The second-order valence-corrected chi connectivity index (χ2v) is 2.20. The van der Waals surface area contributed by atoms with Crippen molar-refractivity contribution in [2.45, 2.75) is 0 Å². The quantitative estimate of drug-likeness (QED) is 0.578. The Bertz CT molecular complexity index is 314. The van der Waals surface area contributed by atoms with E-state index in [0.29, 0.717) is 0 Å². The molecule has 3 nitrogen and oxygen atoms in total. The summed E-state index contributed by atoms with van der Waals surface area (Å²) in [7, 11) is 5.06. The Morgan fingerprint density at radius 2 is 2.08 bits per heavy atom. The molecule has 0 aliphatic carbocycles. The number of phenols is 1. The molecular weight excluding hydrogens is 162 g/mol. The van der Waals surface area contributed by atoms with E-state index in [1.54, 1.807) is 0 Å². The van der Waals surface area contributed by atoms with Crippen molar-refractivity contribution in [2.75, 3.05) is 0 Å². The monoisotopic (exact) mass is 166 g/mol. The predicted molar refractivity (Wildman–Crippen MR) is 40.4 cm³/mol. The maximum absolute atomic E-state index is 12.6. The molecule has 60 valence electrons. The van der Waals surface area contributed by atoms with Crippen LogP contribution in [0.25, 0.3) is 0 Å². The van der Waals surface area contributed by atoms with Crippen LogP contribution in [0.4, 0.5) is 4.39 Å². The Labute approximate surface area is 68.9 Å². The molecule has 0 fully saturated rings. The fourth-order valence-corrected chi connectivity index (χ4v) is 0.755. The molecule has 0 unspecified atom stereocenters. The zero-order valence-electron chi connectivity index (χ0n) is 5.91. The van der Waals surface area contributed by atoms with Gasteiger partial charge in [0.2, 0.25) is 0 Å². The van der Waals surface area contributed by atoms with E-state index in [1.807, 2.05) is 0 Å². The fraction of sp³-hybridized carbons (Fsp3) is 0. The van der Waals surface area contributed by atoms with Crippen LogP contribution in [-0.2, 0) is 0 Å². The summed E-state index contributed by atoms with van der Waals surface area (Å²) in [6, 6.07) is 1.74. The lowest BCUT2D eigenvalue weighted by molar-refractivity contribution is 0.0696. The van der Waals surface area contributed by atoms with Crippen molar-refractivity contribution >= 4 is 19.3 Å².